The van der Waals surface area contributed by atoms with Crippen LogP contribution in [0.15, 0.2) is 0 Å². The van der Waals surface area contributed by atoms with Crippen molar-refractivity contribution in [2.75, 3.05) is 19.8 Å². The zero-order chi connectivity index (χ0) is 10.7. The topological polar surface area (TPSA) is 47.3 Å². The van der Waals surface area contributed by atoms with E-state index >= 15 is 0 Å². The van der Waals surface area contributed by atoms with Crippen LogP contribution in [-0.4, -0.2) is 31.3 Å². The van der Waals surface area contributed by atoms with Crippen LogP contribution in [0.3, 0.4) is 0 Å². The average molecular weight is 212 g/mol. The third-order valence-corrected chi connectivity index (χ3v) is 3.79. The standard InChI is InChI=1S/C12H24N2O/c1-2-3-10-8-11(10)14-9-12(13)4-6-15-7-5-12/h10-11,14H,2-9,13H2,1H3. The molecule has 2 fully saturated rings. The Bertz CT molecular complexity index is 202. The first-order valence-electron chi connectivity index (χ1n) is 6.33. The summed E-state index contributed by atoms with van der Waals surface area (Å²) in [6.07, 6.45) is 6.06. The second-order valence-electron chi connectivity index (χ2n) is 5.25. The van der Waals surface area contributed by atoms with Gasteiger partial charge < -0.3 is 15.8 Å². The molecule has 0 aromatic rings. The number of hydrogen-bond donors (Lipinski definition) is 2. The summed E-state index contributed by atoms with van der Waals surface area (Å²) in [6, 6.07) is 0.758. The first-order valence-corrected chi connectivity index (χ1v) is 6.33. The highest BCUT2D eigenvalue weighted by Gasteiger charge is 2.37. The molecule has 1 aliphatic heterocycles. The molecule has 2 aliphatic rings. The van der Waals surface area contributed by atoms with E-state index in [0.717, 1.165) is 44.6 Å². The van der Waals surface area contributed by atoms with Crippen molar-refractivity contribution in [1.82, 2.24) is 5.32 Å². The van der Waals surface area contributed by atoms with Crippen molar-refractivity contribution in [2.45, 2.75) is 50.6 Å². The molecule has 0 spiro atoms. The van der Waals surface area contributed by atoms with Crippen LogP contribution in [-0.2, 0) is 4.74 Å². The van der Waals surface area contributed by atoms with Crippen molar-refractivity contribution in [3.8, 4) is 0 Å². The van der Waals surface area contributed by atoms with Gasteiger partial charge in [0.25, 0.3) is 0 Å². The molecule has 1 saturated carbocycles. The van der Waals surface area contributed by atoms with E-state index in [-0.39, 0.29) is 5.54 Å². The highest BCUT2D eigenvalue weighted by atomic mass is 16.5. The Morgan fingerprint density at radius 1 is 1.40 bits per heavy atom. The molecule has 1 saturated heterocycles. The molecule has 0 aromatic heterocycles. The monoisotopic (exact) mass is 212 g/mol. The summed E-state index contributed by atoms with van der Waals surface area (Å²) in [6.45, 7) is 4.90. The van der Waals surface area contributed by atoms with Crippen molar-refractivity contribution in [3.63, 3.8) is 0 Å². The van der Waals surface area contributed by atoms with Gasteiger partial charge in [-0.15, -0.1) is 0 Å². The number of hydrogen-bond acceptors (Lipinski definition) is 3. The number of nitrogens with two attached hydrogens (primary N) is 1. The summed E-state index contributed by atoms with van der Waals surface area (Å²) in [5.41, 5.74) is 6.31. The molecule has 2 atom stereocenters. The fraction of sp³-hybridized carbons (Fsp3) is 1.00. The van der Waals surface area contributed by atoms with E-state index in [1.807, 2.05) is 0 Å². The van der Waals surface area contributed by atoms with Gasteiger partial charge in [0.05, 0.1) is 0 Å². The predicted octanol–water partition coefficient (Wildman–Crippen LogP) is 1.27. The molecule has 3 nitrogen and oxygen atoms in total. The summed E-state index contributed by atoms with van der Waals surface area (Å²) in [5.74, 6) is 0.929. The van der Waals surface area contributed by atoms with Crippen LogP contribution in [0.25, 0.3) is 0 Å². The molecule has 0 bridgehead atoms. The number of ether oxygens (including phenoxy) is 1. The predicted molar refractivity (Wildman–Crippen MR) is 61.8 cm³/mol. The Morgan fingerprint density at radius 3 is 2.80 bits per heavy atom. The van der Waals surface area contributed by atoms with Gasteiger partial charge in [-0.05, 0) is 31.6 Å². The number of rotatable bonds is 5. The lowest BCUT2D eigenvalue weighted by atomic mass is 9.91. The van der Waals surface area contributed by atoms with Crippen LogP contribution in [0.4, 0.5) is 0 Å². The van der Waals surface area contributed by atoms with Crippen molar-refractivity contribution in [2.24, 2.45) is 11.7 Å². The minimum absolute atomic E-state index is 0.00238. The highest BCUT2D eigenvalue weighted by Crippen LogP contribution is 2.34. The minimum Gasteiger partial charge on any atom is -0.381 e. The molecule has 2 unspecified atom stereocenters. The Balaban J connectivity index is 1.65. The van der Waals surface area contributed by atoms with E-state index in [2.05, 4.69) is 12.2 Å². The summed E-state index contributed by atoms with van der Waals surface area (Å²) in [7, 11) is 0. The van der Waals surface area contributed by atoms with Crippen molar-refractivity contribution in [1.29, 1.82) is 0 Å². The zero-order valence-corrected chi connectivity index (χ0v) is 9.80. The summed E-state index contributed by atoms with van der Waals surface area (Å²) in [5, 5.41) is 3.62. The third kappa shape index (κ3) is 3.16. The van der Waals surface area contributed by atoms with Gasteiger partial charge in [0, 0.05) is 31.3 Å². The molecule has 1 aliphatic carbocycles. The zero-order valence-electron chi connectivity index (χ0n) is 9.80. The molecule has 2 rings (SSSR count). The van der Waals surface area contributed by atoms with Gasteiger partial charge >= 0.3 is 0 Å². The van der Waals surface area contributed by atoms with E-state index in [0.29, 0.717) is 0 Å². The molecule has 0 aromatic carbocycles. The fourth-order valence-electron chi connectivity index (χ4n) is 2.48. The molecule has 15 heavy (non-hydrogen) atoms. The van der Waals surface area contributed by atoms with E-state index in [1.165, 1.54) is 19.3 Å². The lowest BCUT2D eigenvalue weighted by Crippen LogP contribution is -2.52. The third-order valence-electron chi connectivity index (χ3n) is 3.79. The SMILES string of the molecule is CCCC1CC1NCC1(N)CCOCC1. The average Bonchev–Trinajstić information content (AvgIpc) is 2.96. The maximum Gasteiger partial charge on any atom is 0.0484 e. The molecule has 1 heterocycles. The van der Waals surface area contributed by atoms with Crippen LogP contribution in [0.2, 0.25) is 0 Å². The van der Waals surface area contributed by atoms with Crippen LogP contribution in [0.5, 0.6) is 0 Å². The number of nitrogens with one attached hydrogen (secondary N) is 1. The molecule has 88 valence electrons. The first kappa shape index (κ1) is 11.4. The largest absolute Gasteiger partial charge is 0.381 e. The molecule has 0 radical (unpaired) electrons. The van der Waals surface area contributed by atoms with E-state index < -0.39 is 0 Å². The van der Waals surface area contributed by atoms with Gasteiger partial charge in [-0.2, -0.15) is 0 Å². The molecular weight excluding hydrogens is 188 g/mol. The van der Waals surface area contributed by atoms with Gasteiger partial charge in [-0.1, -0.05) is 13.3 Å². The Kier molecular flexibility index (Phi) is 3.65. The van der Waals surface area contributed by atoms with Crippen LogP contribution < -0.4 is 11.1 Å². The van der Waals surface area contributed by atoms with Crippen LogP contribution in [0, 0.1) is 5.92 Å². The normalized spacial score (nSPS) is 34.0. The minimum atomic E-state index is -0.00238. The van der Waals surface area contributed by atoms with Crippen LogP contribution in [0.1, 0.15) is 39.0 Å². The lowest BCUT2D eigenvalue weighted by Gasteiger charge is -2.33. The Morgan fingerprint density at radius 2 is 2.13 bits per heavy atom. The van der Waals surface area contributed by atoms with E-state index in [1.54, 1.807) is 0 Å². The summed E-state index contributed by atoms with van der Waals surface area (Å²) >= 11 is 0. The summed E-state index contributed by atoms with van der Waals surface area (Å²) < 4.78 is 5.34. The second-order valence-corrected chi connectivity index (χ2v) is 5.25. The van der Waals surface area contributed by atoms with Gasteiger partial charge in [-0.25, -0.2) is 0 Å². The van der Waals surface area contributed by atoms with Crippen LogP contribution >= 0.6 is 0 Å². The van der Waals surface area contributed by atoms with Crippen molar-refractivity contribution >= 4 is 0 Å². The van der Waals surface area contributed by atoms with Gasteiger partial charge in [0.15, 0.2) is 0 Å². The maximum absolute atomic E-state index is 6.31. The molecular formula is C12H24N2O. The lowest BCUT2D eigenvalue weighted by molar-refractivity contribution is 0.0529. The highest BCUT2D eigenvalue weighted by molar-refractivity contribution is 4.97. The smallest absolute Gasteiger partial charge is 0.0484 e. The van der Waals surface area contributed by atoms with Gasteiger partial charge in [0.1, 0.15) is 0 Å². The van der Waals surface area contributed by atoms with E-state index in [9.17, 15) is 0 Å². The fourth-order valence-corrected chi connectivity index (χ4v) is 2.48. The maximum atomic E-state index is 6.31. The van der Waals surface area contributed by atoms with E-state index in [4.69, 9.17) is 10.5 Å². The molecule has 3 N–H and O–H groups in total. The molecule has 0 amide bonds. The first-order chi connectivity index (χ1) is 7.23. The van der Waals surface area contributed by atoms with Crippen molar-refractivity contribution in [3.05, 3.63) is 0 Å². The molecule has 3 heteroatoms. The second kappa shape index (κ2) is 4.81. The van der Waals surface area contributed by atoms with Gasteiger partial charge in [-0.3, -0.25) is 0 Å². The Labute approximate surface area is 92.7 Å². The quantitative estimate of drug-likeness (QED) is 0.721. The van der Waals surface area contributed by atoms with Gasteiger partial charge in [0.2, 0.25) is 0 Å². The Hall–Kier alpha value is -0.120. The van der Waals surface area contributed by atoms with Crippen molar-refractivity contribution < 1.29 is 4.74 Å². The summed E-state index contributed by atoms with van der Waals surface area (Å²) in [4.78, 5) is 0.